The summed E-state index contributed by atoms with van der Waals surface area (Å²) in [7, 11) is 1.68. The Labute approximate surface area is 128 Å². The van der Waals surface area contributed by atoms with E-state index in [9.17, 15) is 4.79 Å². The van der Waals surface area contributed by atoms with Crippen molar-refractivity contribution in [2.24, 2.45) is 0 Å². The fraction of sp³-hybridized carbons (Fsp3) is 0.467. The van der Waals surface area contributed by atoms with Crippen molar-refractivity contribution in [3.05, 3.63) is 17.7 Å². The Kier molecular flexibility index (Phi) is 3.71. The molecule has 0 unspecified atom stereocenters. The number of thiazole rings is 1. The zero-order chi connectivity index (χ0) is 15.0. The quantitative estimate of drug-likeness (QED) is 0.854. The maximum absolute atomic E-state index is 11.4. The second-order valence-corrected chi connectivity index (χ2v) is 6.23. The number of nitrogens with zero attached hydrogens (tertiary/aromatic N) is 3. The van der Waals surface area contributed by atoms with Gasteiger partial charge in [-0.1, -0.05) is 17.4 Å². The Balaban J connectivity index is 1.89. The normalized spacial score (nSPS) is 15.6. The molecule has 5 nitrogen and oxygen atoms in total. The van der Waals surface area contributed by atoms with Crippen molar-refractivity contribution < 1.29 is 9.53 Å². The van der Waals surface area contributed by atoms with Crippen LogP contribution in [0.2, 0.25) is 0 Å². The van der Waals surface area contributed by atoms with Gasteiger partial charge in [0.25, 0.3) is 0 Å². The van der Waals surface area contributed by atoms with E-state index in [-0.39, 0.29) is 5.91 Å². The molecule has 1 aliphatic heterocycles. The summed E-state index contributed by atoms with van der Waals surface area (Å²) in [5, 5.41) is 1.01. The number of carbonyl (C=O) groups is 1. The van der Waals surface area contributed by atoms with E-state index in [1.807, 2.05) is 11.0 Å². The lowest BCUT2D eigenvalue weighted by Crippen LogP contribution is -2.48. The number of piperazine rings is 1. The van der Waals surface area contributed by atoms with Crippen LogP contribution in [-0.4, -0.2) is 49.1 Å². The minimum absolute atomic E-state index is 0.150. The van der Waals surface area contributed by atoms with Crippen molar-refractivity contribution in [3.63, 3.8) is 0 Å². The molecule has 0 spiro atoms. The molecule has 1 fully saturated rings. The Bertz CT molecular complexity index is 675. The summed E-state index contributed by atoms with van der Waals surface area (Å²) in [5.41, 5.74) is 2.16. The molecule has 0 radical (unpaired) electrons. The van der Waals surface area contributed by atoms with Gasteiger partial charge in [-0.2, -0.15) is 0 Å². The zero-order valence-corrected chi connectivity index (χ0v) is 13.4. The van der Waals surface area contributed by atoms with Crippen molar-refractivity contribution >= 4 is 32.6 Å². The molecule has 0 N–H and O–H groups in total. The lowest BCUT2D eigenvalue weighted by atomic mass is 10.2. The van der Waals surface area contributed by atoms with E-state index in [2.05, 4.69) is 17.9 Å². The molecule has 2 aromatic rings. The molecule has 0 saturated carbocycles. The summed E-state index contributed by atoms with van der Waals surface area (Å²) in [4.78, 5) is 20.3. The fourth-order valence-corrected chi connectivity index (χ4v) is 3.71. The van der Waals surface area contributed by atoms with Gasteiger partial charge in [0.05, 0.1) is 11.8 Å². The molecule has 1 aliphatic rings. The van der Waals surface area contributed by atoms with Gasteiger partial charge in [-0.05, 0) is 18.6 Å². The number of carbonyl (C=O) groups excluding carboxylic acids is 1. The molecule has 2 heterocycles. The Morgan fingerprint density at radius 3 is 2.62 bits per heavy atom. The molecule has 112 valence electrons. The number of hydrogen-bond acceptors (Lipinski definition) is 5. The van der Waals surface area contributed by atoms with Crippen LogP contribution in [0.25, 0.3) is 10.2 Å². The Morgan fingerprint density at radius 1 is 1.29 bits per heavy atom. The smallest absolute Gasteiger partial charge is 0.219 e. The molecule has 0 aliphatic carbocycles. The molecule has 6 heteroatoms. The van der Waals surface area contributed by atoms with Gasteiger partial charge in [-0.15, -0.1) is 0 Å². The van der Waals surface area contributed by atoms with Crippen LogP contribution >= 0.6 is 11.3 Å². The fourth-order valence-electron chi connectivity index (χ4n) is 2.61. The average Bonchev–Trinajstić information content (AvgIpc) is 2.94. The predicted molar refractivity (Wildman–Crippen MR) is 85.4 cm³/mol. The summed E-state index contributed by atoms with van der Waals surface area (Å²) < 4.78 is 6.58. The number of aryl methyl sites for hydroxylation is 1. The number of methoxy groups -OCH3 is 1. The molecule has 21 heavy (non-hydrogen) atoms. The van der Waals surface area contributed by atoms with Crippen molar-refractivity contribution in [1.29, 1.82) is 0 Å². The number of anilines is 1. The van der Waals surface area contributed by atoms with Gasteiger partial charge in [-0.25, -0.2) is 4.98 Å². The van der Waals surface area contributed by atoms with E-state index in [1.165, 1.54) is 10.3 Å². The second kappa shape index (κ2) is 5.52. The Hall–Kier alpha value is -1.82. The maximum Gasteiger partial charge on any atom is 0.219 e. The summed E-state index contributed by atoms with van der Waals surface area (Å²) in [5.74, 6) is 0.969. The molecular weight excluding hydrogens is 286 g/mol. The second-order valence-electron chi connectivity index (χ2n) is 5.25. The van der Waals surface area contributed by atoms with Gasteiger partial charge in [0.1, 0.15) is 11.3 Å². The molecular formula is C15H19N3O2S. The van der Waals surface area contributed by atoms with E-state index >= 15 is 0 Å². The van der Waals surface area contributed by atoms with Crippen LogP contribution in [0, 0.1) is 6.92 Å². The van der Waals surface area contributed by atoms with Crippen molar-refractivity contribution in [1.82, 2.24) is 9.88 Å². The minimum Gasteiger partial charge on any atom is -0.494 e. The SMILES string of the molecule is COc1ccc(C)c2sc(N3CCN(C(C)=O)CC3)nc12. The van der Waals surface area contributed by atoms with Gasteiger partial charge in [0, 0.05) is 33.1 Å². The van der Waals surface area contributed by atoms with Gasteiger partial charge < -0.3 is 14.5 Å². The van der Waals surface area contributed by atoms with E-state index in [1.54, 1.807) is 25.4 Å². The Morgan fingerprint density at radius 2 is 2.00 bits per heavy atom. The van der Waals surface area contributed by atoms with E-state index in [4.69, 9.17) is 9.72 Å². The third-order valence-corrected chi connectivity index (χ3v) is 5.16. The number of fused-ring (bicyclic) bond motifs is 1. The largest absolute Gasteiger partial charge is 0.494 e. The number of benzene rings is 1. The van der Waals surface area contributed by atoms with Gasteiger partial charge in [-0.3, -0.25) is 4.79 Å². The van der Waals surface area contributed by atoms with Gasteiger partial charge in [0.2, 0.25) is 5.91 Å². The first-order valence-corrected chi connectivity index (χ1v) is 7.86. The van der Waals surface area contributed by atoms with Crippen LogP contribution in [-0.2, 0) is 4.79 Å². The zero-order valence-electron chi connectivity index (χ0n) is 12.5. The molecule has 0 atom stereocenters. The van der Waals surface area contributed by atoms with Crippen LogP contribution in [0.15, 0.2) is 12.1 Å². The van der Waals surface area contributed by atoms with Crippen LogP contribution in [0.4, 0.5) is 5.13 Å². The molecule has 1 saturated heterocycles. The van der Waals surface area contributed by atoms with Crippen LogP contribution < -0.4 is 9.64 Å². The van der Waals surface area contributed by atoms with Crippen LogP contribution in [0.1, 0.15) is 12.5 Å². The summed E-state index contributed by atoms with van der Waals surface area (Å²) in [6, 6.07) is 4.03. The standard InChI is InChI=1S/C15H19N3O2S/c1-10-4-5-12(20-3)13-14(10)21-15(16-13)18-8-6-17(7-9-18)11(2)19/h4-5H,6-9H2,1-3H3. The number of ether oxygens (including phenoxy) is 1. The van der Waals surface area contributed by atoms with Crippen LogP contribution in [0.3, 0.4) is 0 Å². The molecule has 0 bridgehead atoms. The number of hydrogen-bond donors (Lipinski definition) is 0. The van der Waals surface area contributed by atoms with Gasteiger partial charge in [0.15, 0.2) is 5.13 Å². The maximum atomic E-state index is 11.4. The summed E-state index contributed by atoms with van der Waals surface area (Å²) in [6.45, 7) is 6.92. The molecule has 3 rings (SSSR count). The van der Waals surface area contributed by atoms with E-state index in [0.29, 0.717) is 0 Å². The highest BCUT2D eigenvalue weighted by atomic mass is 32.1. The third-order valence-electron chi connectivity index (χ3n) is 3.91. The summed E-state index contributed by atoms with van der Waals surface area (Å²) >= 11 is 1.70. The topological polar surface area (TPSA) is 45.7 Å². The van der Waals surface area contributed by atoms with Crippen LogP contribution in [0.5, 0.6) is 5.75 Å². The minimum atomic E-state index is 0.150. The lowest BCUT2D eigenvalue weighted by molar-refractivity contribution is -0.129. The lowest BCUT2D eigenvalue weighted by Gasteiger charge is -2.33. The first-order valence-electron chi connectivity index (χ1n) is 7.04. The third kappa shape index (κ3) is 2.55. The molecule has 1 aromatic heterocycles. The molecule has 1 amide bonds. The average molecular weight is 305 g/mol. The first kappa shape index (κ1) is 14.1. The van der Waals surface area contributed by atoms with Crippen molar-refractivity contribution in [2.45, 2.75) is 13.8 Å². The number of aromatic nitrogens is 1. The van der Waals surface area contributed by atoms with Crippen molar-refractivity contribution in [3.8, 4) is 5.75 Å². The van der Waals surface area contributed by atoms with E-state index < -0.39 is 0 Å². The summed E-state index contributed by atoms with van der Waals surface area (Å²) in [6.07, 6.45) is 0. The number of amides is 1. The van der Waals surface area contributed by atoms with Gasteiger partial charge >= 0.3 is 0 Å². The highest BCUT2D eigenvalue weighted by molar-refractivity contribution is 7.22. The number of rotatable bonds is 2. The highest BCUT2D eigenvalue weighted by Crippen LogP contribution is 2.36. The predicted octanol–water partition coefficient (Wildman–Crippen LogP) is 2.28. The highest BCUT2D eigenvalue weighted by Gasteiger charge is 2.22. The van der Waals surface area contributed by atoms with E-state index in [0.717, 1.165) is 42.6 Å². The first-order chi connectivity index (χ1) is 10.1. The van der Waals surface area contributed by atoms with Crippen molar-refractivity contribution in [2.75, 3.05) is 38.2 Å². The monoisotopic (exact) mass is 305 g/mol. The molecule has 1 aromatic carbocycles.